The zero-order chi connectivity index (χ0) is 14.0. The second-order valence-electron chi connectivity index (χ2n) is 3.83. The van der Waals surface area contributed by atoms with Crippen LogP contribution in [0.25, 0.3) is 5.69 Å². The van der Waals surface area contributed by atoms with E-state index in [1.54, 1.807) is 24.3 Å². The van der Waals surface area contributed by atoms with Gasteiger partial charge in [-0.1, -0.05) is 0 Å². The van der Waals surface area contributed by atoms with Crippen molar-refractivity contribution in [2.24, 2.45) is 0 Å². The Morgan fingerprint density at radius 2 is 1.95 bits per heavy atom. The Labute approximate surface area is 113 Å². The summed E-state index contributed by atoms with van der Waals surface area (Å²) in [5, 5.41) is 16.8. The molecule has 0 bridgehead atoms. The third-order valence-corrected chi connectivity index (χ3v) is 3.81. The molecule has 0 fully saturated rings. The first-order valence-corrected chi connectivity index (χ1v) is 6.99. The molecule has 0 atom stereocenters. The predicted octanol–water partition coefficient (Wildman–Crippen LogP) is 0.186. The number of sulfonamides is 1. The van der Waals surface area contributed by atoms with E-state index in [0.717, 1.165) is 5.69 Å². The van der Waals surface area contributed by atoms with Crippen molar-refractivity contribution in [1.29, 1.82) is 0 Å². The van der Waals surface area contributed by atoms with E-state index in [1.807, 2.05) is 0 Å². The monoisotopic (exact) mass is 291 g/mol. The van der Waals surface area contributed by atoms with Crippen LogP contribution in [-0.2, 0) is 10.0 Å². The summed E-state index contributed by atoms with van der Waals surface area (Å²) in [4.78, 5) is 0. The SMILES string of the molecule is O=S(=O)(Nc1ccc(-n2cnnn2)cc1)c1ccn[nH]1. The van der Waals surface area contributed by atoms with Gasteiger partial charge in [-0.2, -0.15) is 13.5 Å². The molecule has 0 saturated heterocycles. The normalized spacial score (nSPS) is 11.4. The molecule has 0 saturated carbocycles. The number of rotatable bonds is 4. The van der Waals surface area contributed by atoms with Crippen LogP contribution in [0.2, 0.25) is 0 Å². The lowest BCUT2D eigenvalue weighted by molar-refractivity contribution is 0.597. The quantitative estimate of drug-likeness (QED) is 0.708. The van der Waals surface area contributed by atoms with Crippen molar-refractivity contribution in [3.05, 3.63) is 42.9 Å². The van der Waals surface area contributed by atoms with Crippen LogP contribution in [0.15, 0.2) is 47.9 Å². The molecule has 3 rings (SSSR count). The summed E-state index contributed by atoms with van der Waals surface area (Å²) < 4.78 is 27.8. The highest BCUT2D eigenvalue weighted by molar-refractivity contribution is 7.92. The minimum absolute atomic E-state index is 0.00190. The lowest BCUT2D eigenvalue weighted by Crippen LogP contribution is -2.13. The van der Waals surface area contributed by atoms with Crippen molar-refractivity contribution in [1.82, 2.24) is 30.4 Å². The van der Waals surface area contributed by atoms with Crippen LogP contribution in [-0.4, -0.2) is 38.8 Å². The van der Waals surface area contributed by atoms with E-state index in [1.165, 1.54) is 23.3 Å². The molecule has 0 aliphatic carbocycles. The third kappa shape index (κ3) is 2.36. The van der Waals surface area contributed by atoms with Gasteiger partial charge in [0.1, 0.15) is 6.33 Å². The first-order chi connectivity index (χ1) is 9.65. The molecule has 0 aliphatic rings. The first-order valence-electron chi connectivity index (χ1n) is 5.51. The molecule has 20 heavy (non-hydrogen) atoms. The Kier molecular flexibility index (Phi) is 2.91. The minimum Gasteiger partial charge on any atom is -0.278 e. The van der Waals surface area contributed by atoms with Crippen LogP contribution in [0.4, 0.5) is 5.69 Å². The van der Waals surface area contributed by atoms with Crippen LogP contribution in [0, 0.1) is 0 Å². The van der Waals surface area contributed by atoms with Crippen molar-refractivity contribution in [2.75, 3.05) is 4.72 Å². The Hall–Kier alpha value is -2.75. The number of nitrogens with one attached hydrogen (secondary N) is 2. The summed E-state index contributed by atoms with van der Waals surface area (Å²) in [7, 11) is -3.65. The maximum atomic E-state index is 12.0. The molecule has 2 heterocycles. The molecule has 0 unspecified atom stereocenters. The van der Waals surface area contributed by atoms with E-state index in [0.29, 0.717) is 5.69 Å². The number of aromatic nitrogens is 6. The number of H-pyrrole nitrogens is 1. The Balaban J connectivity index is 1.83. The zero-order valence-electron chi connectivity index (χ0n) is 10.0. The van der Waals surface area contributed by atoms with E-state index in [9.17, 15) is 8.42 Å². The zero-order valence-corrected chi connectivity index (χ0v) is 10.8. The summed E-state index contributed by atoms with van der Waals surface area (Å²) in [5.41, 5.74) is 1.15. The number of aromatic amines is 1. The van der Waals surface area contributed by atoms with Crippen LogP contribution in [0.3, 0.4) is 0 Å². The number of benzene rings is 1. The number of tetrazole rings is 1. The topological polar surface area (TPSA) is 118 Å². The number of hydrogen-bond acceptors (Lipinski definition) is 6. The van der Waals surface area contributed by atoms with E-state index in [2.05, 4.69) is 30.4 Å². The molecule has 0 radical (unpaired) electrons. The van der Waals surface area contributed by atoms with Gasteiger partial charge in [0.2, 0.25) is 0 Å². The maximum absolute atomic E-state index is 12.0. The highest BCUT2D eigenvalue weighted by atomic mass is 32.2. The van der Waals surface area contributed by atoms with Crippen molar-refractivity contribution >= 4 is 15.7 Å². The molecule has 10 heteroatoms. The predicted molar refractivity (Wildman–Crippen MR) is 68.6 cm³/mol. The summed E-state index contributed by atoms with van der Waals surface area (Å²) >= 11 is 0. The first kappa shape index (κ1) is 12.3. The Morgan fingerprint density at radius 1 is 1.15 bits per heavy atom. The summed E-state index contributed by atoms with van der Waals surface area (Å²) in [6, 6.07) is 8.00. The van der Waals surface area contributed by atoms with Gasteiger partial charge in [-0.3, -0.25) is 9.82 Å². The molecule has 1 aromatic carbocycles. The van der Waals surface area contributed by atoms with E-state index in [4.69, 9.17) is 0 Å². The number of nitrogens with zero attached hydrogens (tertiary/aromatic N) is 5. The van der Waals surface area contributed by atoms with Crippen LogP contribution < -0.4 is 4.72 Å². The van der Waals surface area contributed by atoms with Gasteiger partial charge in [-0.25, -0.2) is 4.68 Å². The van der Waals surface area contributed by atoms with E-state index >= 15 is 0 Å². The second-order valence-corrected chi connectivity index (χ2v) is 5.48. The summed E-state index contributed by atoms with van der Waals surface area (Å²) in [6.07, 6.45) is 2.82. The molecular weight excluding hydrogens is 282 g/mol. The van der Waals surface area contributed by atoms with Gasteiger partial charge in [-0.05, 0) is 40.8 Å². The average Bonchev–Trinajstić information content (AvgIpc) is 3.13. The van der Waals surface area contributed by atoms with Crippen LogP contribution >= 0.6 is 0 Å². The largest absolute Gasteiger partial charge is 0.278 e. The lowest BCUT2D eigenvalue weighted by Gasteiger charge is -2.06. The van der Waals surface area contributed by atoms with E-state index < -0.39 is 10.0 Å². The van der Waals surface area contributed by atoms with Gasteiger partial charge in [0.25, 0.3) is 10.0 Å². The van der Waals surface area contributed by atoms with Crippen molar-refractivity contribution in [3.63, 3.8) is 0 Å². The minimum atomic E-state index is -3.65. The maximum Gasteiger partial charge on any atom is 0.278 e. The summed E-state index contributed by atoms with van der Waals surface area (Å²) in [6.45, 7) is 0. The van der Waals surface area contributed by atoms with Crippen LogP contribution in [0.1, 0.15) is 0 Å². The van der Waals surface area contributed by atoms with Gasteiger partial charge >= 0.3 is 0 Å². The average molecular weight is 291 g/mol. The smallest absolute Gasteiger partial charge is 0.278 e. The fourth-order valence-electron chi connectivity index (χ4n) is 1.56. The van der Waals surface area contributed by atoms with Crippen molar-refractivity contribution in [2.45, 2.75) is 5.03 Å². The molecule has 0 spiro atoms. The van der Waals surface area contributed by atoms with Crippen LogP contribution in [0.5, 0.6) is 0 Å². The van der Waals surface area contributed by atoms with Gasteiger partial charge in [0.05, 0.1) is 11.9 Å². The second kappa shape index (κ2) is 4.74. The molecule has 2 N–H and O–H groups in total. The standard InChI is InChI=1S/C10H9N7O2S/c18-20(19,10-5-6-11-13-10)14-8-1-3-9(4-2-8)17-7-12-15-16-17/h1-7,14H,(H,11,13). The molecular formula is C10H9N7O2S. The van der Waals surface area contributed by atoms with Gasteiger partial charge < -0.3 is 0 Å². The van der Waals surface area contributed by atoms with Gasteiger partial charge in [-0.15, -0.1) is 5.10 Å². The van der Waals surface area contributed by atoms with Gasteiger partial charge in [0, 0.05) is 5.69 Å². The van der Waals surface area contributed by atoms with Gasteiger partial charge in [0.15, 0.2) is 5.03 Å². The van der Waals surface area contributed by atoms with Crippen molar-refractivity contribution in [3.8, 4) is 5.69 Å². The number of anilines is 1. The summed E-state index contributed by atoms with van der Waals surface area (Å²) in [5.74, 6) is 0. The molecule has 0 aliphatic heterocycles. The Bertz CT molecular complexity index is 779. The molecule has 0 amide bonds. The number of hydrogen-bond donors (Lipinski definition) is 2. The van der Waals surface area contributed by atoms with Crippen molar-refractivity contribution < 1.29 is 8.42 Å². The molecule has 2 aromatic heterocycles. The third-order valence-electron chi connectivity index (χ3n) is 2.50. The molecule has 102 valence electrons. The highest BCUT2D eigenvalue weighted by Crippen LogP contribution is 2.16. The fraction of sp³-hybridized carbons (Fsp3) is 0. The molecule has 9 nitrogen and oxygen atoms in total. The lowest BCUT2D eigenvalue weighted by atomic mass is 10.3. The Morgan fingerprint density at radius 3 is 2.55 bits per heavy atom. The molecule has 3 aromatic rings. The fourth-order valence-corrected chi connectivity index (χ4v) is 2.53. The highest BCUT2D eigenvalue weighted by Gasteiger charge is 2.15. The van der Waals surface area contributed by atoms with E-state index in [-0.39, 0.29) is 5.03 Å².